The van der Waals surface area contributed by atoms with Crippen LogP contribution in [0.25, 0.3) is 0 Å². The Labute approximate surface area is 187 Å². The maximum atomic E-state index is 12.2. The van der Waals surface area contributed by atoms with Crippen LogP contribution in [0.3, 0.4) is 0 Å². The molecular weight excluding hydrogens is 470 g/mol. The van der Waals surface area contributed by atoms with Crippen LogP contribution in [0.1, 0.15) is 29.8 Å². The molecule has 1 heterocycles. The number of hydrogen-bond acceptors (Lipinski definition) is 7. The normalized spacial score (nSPS) is 12.2. The molecule has 10 heteroatoms. The lowest BCUT2D eigenvalue weighted by atomic mass is 10.2. The van der Waals surface area contributed by atoms with Crippen LogP contribution in [0, 0.1) is 0 Å². The minimum atomic E-state index is -0.476. The number of amides is 2. The number of fused-ring (bicyclic) bond motifs is 1. The molecule has 0 atom stereocenters. The molecule has 2 aromatic rings. The molecule has 3 rings (SSSR count). The Hall–Kier alpha value is -3.27. The van der Waals surface area contributed by atoms with Gasteiger partial charge in [-0.05, 0) is 65.7 Å². The lowest BCUT2D eigenvalue weighted by molar-refractivity contribution is -0.120. The van der Waals surface area contributed by atoms with E-state index in [4.69, 9.17) is 18.9 Å². The molecule has 0 saturated heterocycles. The number of nitrogens with one attached hydrogen (secondary N) is 2. The van der Waals surface area contributed by atoms with Crippen molar-refractivity contribution in [1.29, 1.82) is 0 Å². The third-order valence-corrected chi connectivity index (χ3v) is 4.64. The summed E-state index contributed by atoms with van der Waals surface area (Å²) < 4.78 is 22.2. The van der Waals surface area contributed by atoms with Gasteiger partial charge in [0.05, 0.1) is 30.4 Å². The molecule has 2 amide bonds. The van der Waals surface area contributed by atoms with Gasteiger partial charge in [-0.1, -0.05) is 0 Å². The van der Waals surface area contributed by atoms with Crippen molar-refractivity contribution in [1.82, 2.24) is 10.7 Å². The fourth-order valence-electron chi connectivity index (χ4n) is 2.68. The SMILES string of the molecule is COc1cc(C=NNC(=O)CNC(=O)c2ccc3c(c2)OCO3)cc(Br)c1OC(C)C. The van der Waals surface area contributed by atoms with Crippen LogP contribution in [0.15, 0.2) is 39.9 Å². The molecule has 1 aliphatic heterocycles. The molecule has 0 saturated carbocycles. The summed E-state index contributed by atoms with van der Waals surface area (Å²) >= 11 is 3.45. The van der Waals surface area contributed by atoms with Gasteiger partial charge in [0.25, 0.3) is 11.8 Å². The second kappa shape index (κ2) is 10.2. The van der Waals surface area contributed by atoms with Crippen LogP contribution in [-0.4, -0.2) is 44.6 Å². The predicted octanol–water partition coefficient (Wildman–Crippen LogP) is 2.85. The van der Waals surface area contributed by atoms with Crippen molar-refractivity contribution in [2.75, 3.05) is 20.4 Å². The smallest absolute Gasteiger partial charge is 0.259 e. The maximum absolute atomic E-state index is 12.2. The predicted molar refractivity (Wildman–Crippen MR) is 117 cm³/mol. The average Bonchev–Trinajstić information content (AvgIpc) is 3.21. The molecule has 0 bridgehead atoms. The topological polar surface area (TPSA) is 107 Å². The molecule has 2 N–H and O–H groups in total. The van der Waals surface area contributed by atoms with E-state index in [0.29, 0.717) is 38.6 Å². The molecule has 9 nitrogen and oxygen atoms in total. The first kappa shape index (κ1) is 22.4. The van der Waals surface area contributed by atoms with E-state index in [0.717, 1.165) is 0 Å². The summed E-state index contributed by atoms with van der Waals surface area (Å²) in [5.41, 5.74) is 3.41. The molecule has 0 aliphatic carbocycles. The number of rotatable bonds is 8. The summed E-state index contributed by atoms with van der Waals surface area (Å²) in [4.78, 5) is 24.2. The first-order valence-corrected chi connectivity index (χ1v) is 10.2. The van der Waals surface area contributed by atoms with Crippen LogP contribution < -0.4 is 29.7 Å². The van der Waals surface area contributed by atoms with Gasteiger partial charge in [0.1, 0.15) is 0 Å². The van der Waals surface area contributed by atoms with E-state index in [1.807, 2.05) is 13.8 Å². The zero-order valence-electron chi connectivity index (χ0n) is 17.2. The quantitative estimate of drug-likeness (QED) is 0.434. The van der Waals surface area contributed by atoms with E-state index in [-0.39, 0.29) is 19.4 Å². The first-order chi connectivity index (χ1) is 14.9. The van der Waals surface area contributed by atoms with Crippen LogP contribution in [-0.2, 0) is 4.79 Å². The number of halogens is 1. The average molecular weight is 492 g/mol. The van der Waals surface area contributed by atoms with Crippen molar-refractivity contribution < 1.29 is 28.5 Å². The van der Waals surface area contributed by atoms with Crippen molar-refractivity contribution >= 4 is 34.0 Å². The molecular formula is C21H22BrN3O6. The van der Waals surface area contributed by atoms with Gasteiger partial charge in [0, 0.05) is 5.56 Å². The van der Waals surface area contributed by atoms with E-state index in [9.17, 15) is 9.59 Å². The van der Waals surface area contributed by atoms with E-state index in [1.165, 1.54) is 6.21 Å². The molecule has 0 spiro atoms. The first-order valence-electron chi connectivity index (χ1n) is 9.41. The Balaban J connectivity index is 1.53. The Morgan fingerprint density at radius 2 is 2.00 bits per heavy atom. The maximum Gasteiger partial charge on any atom is 0.259 e. The number of carbonyl (C=O) groups is 2. The van der Waals surface area contributed by atoms with Crippen LogP contribution in [0.2, 0.25) is 0 Å². The van der Waals surface area contributed by atoms with Crippen LogP contribution >= 0.6 is 15.9 Å². The van der Waals surface area contributed by atoms with Gasteiger partial charge in [-0.2, -0.15) is 5.10 Å². The zero-order chi connectivity index (χ0) is 22.4. The summed E-state index contributed by atoms with van der Waals surface area (Å²) in [5.74, 6) is 1.31. The zero-order valence-corrected chi connectivity index (χ0v) is 18.8. The Bertz CT molecular complexity index is 1010. The fourth-order valence-corrected chi connectivity index (χ4v) is 3.24. The molecule has 0 fully saturated rings. The number of ether oxygens (including phenoxy) is 4. The molecule has 31 heavy (non-hydrogen) atoms. The number of hydrogen-bond donors (Lipinski definition) is 2. The van der Waals surface area contributed by atoms with Crippen molar-refractivity contribution in [2.24, 2.45) is 5.10 Å². The Morgan fingerprint density at radius 3 is 2.74 bits per heavy atom. The van der Waals surface area contributed by atoms with Crippen molar-refractivity contribution in [3.05, 3.63) is 45.9 Å². The second-order valence-corrected chi connectivity index (χ2v) is 7.60. The Morgan fingerprint density at radius 1 is 1.23 bits per heavy atom. The summed E-state index contributed by atoms with van der Waals surface area (Å²) in [7, 11) is 1.54. The van der Waals surface area contributed by atoms with Crippen molar-refractivity contribution in [3.63, 3.8) is 0 Å². The highest BCUT2D eigenvalue weighted by molar-refractivity contribution is 9.10. The summed E-state index contributed by atoms with van der Waals surface area (Å²) in [6, 6.07) is 8.32. The lowest BCUT2D eigenvalue weighted by Gasteiger charge is -2.15. The van der Waals surface area contributed by atoms with E-state index >= 15 is 0 Å². The molecule has 0 radical (unpaired) electrons. The number of benzene rings is 2. The van der Waals surface area contributed by atoms with Gasteiger partial charge in [0.2, 0.25) is 6.79 Å². The molecule has 1 aliphatic rings. The molecule has 164 valence electrons. The van der Waals surface area contributed by atoms with Gasteiger partial charge in [-0.25, -0.2) is 5.43 Å². The number of carbonyl (C=O) groups excluding carboxylic acids is 2. The third-order valence-electron chi connectivity index (χ3n) is 4.05. The summed E-state index contributed by atoms with van der Waals surface area (Å²) in [6.45, 7) is 3.72. The van der Waals surface area contributed by atoms with Gasteiger partial charge in [-0.3, -0.25) is 9.59 Å². The standard InChI is InChI=1S/C21H22BrN3O6/c1-12(2)31-20-15(22)6-13(7-18(20)28-3)9-24-25-19(26)10-23-21(27)14-4-5-16-17(8-14)30-11-29-16/h4-9,12H,10-11H2,1-3H3,(H,23,27)(H,25,26). The minimum Gasteiger partial charge on any atom is -0.493 e. The fraction of sp³-hybridized carbons (Fsp3) is 0.286. The number of hydrazone groups is 1. The van der Waals surface area contributed by atoms with Crippen LogP contribution in [0.4, 0.5) is 0 Å². The highest BCUT2D eigenvalue weighted by Gasteiger charge is 2.16. The van der Waals surface area contributed by atoms with Gasteiger partial charge in [0.15, 0.2) is 23.0 Å². The van der Waals surface area contributed by atoms with E-state index < -0.39 is 11.8 Å². The van der Waals surface area contributed by atoms with Crippen molar-refractivity contribution in [3.8, 4) is 23.0 Å². The Kier molecular flexibility index (Phi) is 7.35. The largest absolute Gasteiger partial charge is 0.493 e. The van der Waals surface area contributed by atoms with E-state index in [2.05, 4.69) is 31.8 Å². The summed E-state index contributed by atoms with van der Waals surface area (Å²) in [5, 5.41) is 6.44. The van der Waals surface area contributed by atoms with Gasteiger partial charge >= 0.3 is 0 Å². The lowest BCUT2D eigenvalue weighted by Crippen LogP contribution is -2.34. The third kappa shape index (κ3) is 5.88. The van der Waals surface area contributed by atoms with Crippen LogP contribution in [0.5, 0.6) is 23.0 Å². The molecule has 0 unspecified atom stereocenters. The summed E-state index contributed by atoms with van der Waals surface area (Å²) in [6.07, 6.45) is 1.45. The highest BCUT2D eigenvalue weighted by Crippen LogP contribution is 2.37. The monoisotopic (exact) mass is 491 g/mol. The van der Waals surface area contributed by atoms with E-state index in [1.54, 1.807) is 37.4 Å². The van der Waals surface area contributed by atoms with Gasteiger partial charge < -0.3 is 24.3 Å². The van der Waals surface area contributed by atoms with Crippen molar-refractivity contribution in [2.45, 2.75) is 20.0 Å². The molecule has 0 aromatic heterocycles. The highest BCUT2D eigenvalue weighted by atomic mass is 79.9. The van der Waals surface area contributed by atoms with Gasteiger partial charge in [-0.15, -0.1) is 0 Å². The molecule has 2 aromatic carbocycles. The number of methoxy groups -OCH3 is 1. The minimum absolute atomic E-state index is 0.0168. The number of nitrogens with zero attached hydrogens (tertiary/aromatic N) is 1. The second-order valence-electron chi connectivity index (χ2n) is 6.74.